The number of ether oxygens (including phenoxy) is 1. The quantitative estimate of drug-likeness (QED) is 0.576. The van der Waals surface area contributed by atoms with Gasteiger partial charge in [-0.25, -0.2) is 12.8 Å². The first kappa shape index (κ1) is 25.1. The van der Waals surface area contributed by atoms with Crippen molar-refractivity contribution in [1.29, 1.82) is 0 Å². The number of hydrogen-bond acceptors (Lipinski definition) is 7. The van der Waals surface area contributed by atoms with E-state index in [0.29, 0.717) is 18.7 Å². The van der Waals surface area contributed by atoms with Gasteiger partial charge < -0.3 is 14.9 Å². The minimum absolute atomic E-state index is 0.00824. The topological polar surface area (TPSA) is 94.1 Å². The molecule has 5 rings (SSSR count). The van der Waals surface area contributed by atoms with Gasteiger partial charge in [0.2, 0.25) is 0 Å². The molecule has 2 aromatic rings. The van der Waals surface area contributed by atoms with Crippen molar-refractivity contribution in [2.24, 2.45) is 11.1 Å². The summed E-state index contributed by atoms with van der Waals surface area (Å²) in [6, 6.07) is 7.95. The molecule has 0 aliphatic carbocycles. The number of alkyl halides is 3. The van der Waals surface area contributed by atoms with Crippen LogP contribution in [0.5, 0.6) is 0 Å². The van der Waals surface area contributed by atoms with Crippen molar-refractivity contribution in [3.8, 4) is 0 Å². The Morgan fingerprint density at radius 1 is 1.22 bits per heavy atom. The Bertz CT molecular complexity index is 1390. The average molecular weight is 547 g/mol. The largest absolute Gasteiger partial charge is 0.401 e. The third kappa shape index (κ3) is 4.19. The van der Waals surface area contributed by atoms with E-state index in [0.717, 1.165) is 12.3 Å². The number of carbonyl (C=O) groups is 1. The molecule has 1 saturated heterocycles. The lowest BCUT2D eigenvalue weighted by molar-refractivity contribution is -0.178. The molecule has 0 radical (unpaired) electrons. The molecule has 1 spiro atoms. The first-order chi connectivity index (χ1) is 16.8. The van der Waals surface area contributed by atoms with Gasteiger partial charge in [-0.2, -0.15) is 13.2 Å². The van der Waals surface area contributed by atoms with Crippen LogP contribution >= 0.6 is 11.6 Å². The Labute approximate surface area is 208 Å². The lowest BCUT2D eigenvalue weighted by atomic mass is 9.83. The molecular formula is C23H19ClF4N2O5S. The standard InChI is InChI=1S/C23H19ClF4N2O5S/c1-36(32,33)8-16(31)20-13-7-11(5-6-14(13)22(34-20)9-29-10-22)19-17(23(26,27)28)21(35-30-19)12-3-2-4-15(24)18(12)25/h2-7,17,20-21,29H,8-10H2,1H3. The van der Waals surface area contributed by atoms with E-state index in [1.165, 1.54) is 24.3 Å². The fraction of sp³-hybridized carbons (Fsp3) is 0.391. The SMILES string of the molecule is CS(=O)(=O)CC(=O)C1OC2(CNC2)c2ccc(C3=NOC(c4cccc(Cl)c4F)C3C(F)(F)F)cc21. The Morgan fingerprint density at radius 2 is 1.94 bits per heavy atom. The second-order valence-electron chi connectivity index (χ2n) is 9.10. The number of fused-ring (bicyclic) bond motifs is 2. The molecule has 1 N–H and O–H groups in total. The van der Waals surface area contributed by atoms with Crippen molar-refractivity contribution < 1.29 is 40.3 Å². The van der Waals surface area contributed by atoms with Crippen molar-refractivity contribution in [2.75, 3.05) is 25.1 Å². The fourth-order valence-corrected chi connectivity index (χ4v) is 5.67. The first-order valence-electron chi connectivity index (χ1n) is 10.8. The highest BCUT2D eigenvalue weighted by molar-refractivity contribution is 7.91. The number of benzene rings is 2. The van der Waals surface area contributed by atoms with Gasteiger partial charge >= 0.3 is 6.18 Å². The number of Topliss-reactive ketones (excluding diaryl/α,β-unsaturated/α-hetero) is 1. The van der Waals surface area contributed by atoms with Crippen LogP contribution in [0.3, 0.4) is 0 Å². The van der Waals surface area contributed by atoms with E-state index >= 15 is 0 Å². The van der Waals surface area contributed by atoms with Crippen LogP contribution in [0.25, 0.3) is 0 Å². The van der Waals surface area contributed by atoms with E-state index in [4.69, 9.17) is 21.2 Å². The summed E-state index contributed by atoms with van der Waals surface area (Å²) in [4.78, 5) is 17.9. The first-order valence-corrected chi connectivity index (χ1v) is 13.2. The molecule has 13 heteroatoms. The molecule has 3 atom stereocenters. The van der Waals surface area contributed by atoms with Gasteiger partial charge in [0.15, 0.2) is 21.7 Å². The summed E-state index contributed by atoms with van der Waals surface area (Å²) in [5.41, 5.74) is -0.937. The summed E-state index contributed by atoms with van der Waals surface area (Å²) < 4.78 is 86.7. The minimum atomic E-state index is -4.87. The molecule has 0 bridgehead atoms. The van der Waals surface area contributed by atoms with Gasteiger partial charge in [0.05, 0.1) is 5.02 Å². The lowest BCUT2D eigenvalue weighted by Crippen LogP contribution is -2.57. The molecule has 3 heterocycles. The van der Waals surface area contributed by atoms with Gasteiger partial charge in [-0.3, -0.25) is 4.79 Å². The van der Waals surface area contributed by atoms with Crippen LogP contribution in [-0.2, 0) is 29.8 Å². The molecule has 3 aliphatic heterocycles. The Hall–Kier alpha value is -2.54. The number of carbonyl (C=O) groups excluding carboxylic acids is 1. The highest BCUT2D eigenvalue weighted by atomic mass is 35.5. The second-order valence-corrected chi connectivity index (χ2v) is 11.6. The maximum Gasteiger partial charge on any atom is 0.401 e. The summed E-state index contributed by atoms with van der Waals surface area (Å²) in [6.45, 7) is 0.709. The van der Waals surface area contributed by atoms with E-state index in [-0.39, 0.29) is 16.1 Å². The zero-order valence-electron chi connectivity index (χ0n) is 18.6. The molecule has 7 nitrogen and oxygen atoms in total. The molecule has 3 aliphatic rings. The van der Waals surface area contributed by atoms with Crippen molar-refractivity contribution in [3.63, 3.8) is 0 Å². The molecule has 36 heavy (non-hydrogen) atoms. The van der Waals surface area contributed by atoms with E-state index in [2.05, 4.69) is 10.5 Å². The van der Waals surface area contributed by atoms with E-state index in [9.17, 15) is 30.8 Å². The molecule has 3 unspecified atom stereocenters. The molecule has 0 saturated carbocycles. The summed E-state index contributed by atoms with van der Waals surface area (Å²) >= 11 is 5.77. The van der Waals surface area contributed by atoms with Crippen molar-refractivity contribution in [1.82, 2.24) is 5.32 Å². The van der Waals surface area contributed by atoms with Gasteiger partial charge in [-0.1, -0.05) is 41.0 Å². The van der Waals surface area contributed by atoms with Gasteiger partial charge in [0, 0.05) is 30.5 Å². The summed E-state index contributed by atoms with van der Waals surface area (Å²) in [7, 11) is -3.67. The summed E-state index contributed by atoms with van der Waals surface area (Å²) in [5, 5.41) is 6.34. The van der Waals surface area contributed by atoms with Crippen molar-refractivity contribution >= 4 is 32.9 Å². The fourth-order valence-electron chi connectivity index (χ4n) is 4.82. The van der Waals surface area contributed by atoms with E-state index in [1.807, 2.05) is 0 Å². The zero-order valence-corrected chi connectivity index (χ0v) is 20.2. The van der Waals surface area contributed by atoms with Crippen LogP contribution in [-0.4, -0.2) is 51.2 Å². The van der Waals surface area contributed by atoms with Gasteiger partial charge in [0.1, 0.15) is 34.9 Å². The minimum Gasteiger partial charge on any atom is -0.386 e. The second kappa shape index (κ2) is 8.51. The smallest absolute Gasteiger partial charge is 0.386 e. The molecule has 2 aromatic carbocycles. The monoisotopic (exact) mass is 546 g/mol. The maximum atomic E-state index is 14.6. The van der Waals surface area contributed by atoms with Crippen molar-refractivity contribution in [2.45, 2.75) is 24.0 Å². The predicted octanol–water partition coefficient (Wildman–Crippen LogP) is 3.62. The van der Waals surface area contributed by atoms with E-state index < -0.39 is 68.4 Å². The number of sulfone groups is 1. The predicted molar refractivity (Wildman–Crippen MR) is 121 cm³/mol. The number of rotatable bonds is 5. The number of nitrogens with zero attached hydrogens (tertiary/aromatic N) is 1. The molecule has 192 valence electrons. The van der Waals surface area contributed by atoms with E-state index in [1.54, 1.807) is 6.07 Å². The number of hydrogen-bond donors (Lipinski definition) is 1. The zero-order chi connectivity index (χ0) is 26.0. The van der Waals surface area contributed by atoms with Crippen LogP contribution in [0.15, 0.2) is 41.6 Å². The highest BCUT2D eigenvalue weighted by Gasteiger charge is 2.55. The molecule has 0 aromatic heterocycles. The summed E-state index contributed by atoms with van der Waals surface area (Å²) in [6.07, 6.45) is -7.04. The van der Waals surface area contributed by atoms with Crippen molar-refractivity contribution in [3.05, 3.63) is 69.5 Å². The lowest BCUT2D eigenvalue weighted by Gasteiger charge is -2.39. The Balaban J connectivity index is 1.56. The highest BCUT2D eigenvalue weighted by Crippen LogP contribution is 2.49. The average Bonchev–Trinajstić information content (AvgIpc) is 3.34. The van der Waals surface area contributed by atoms with Gasteiger partial charge in [0.25, 0.3) is 0 Å². The Morgan fingerprint density at radius 3 is 2.56 bits per heavy atom. The van der Waals surface area contributed by atoms with Crippen LogP contribution in [0.4, 0.5) is 17.6 Å². The molecule has 1 fully saturated rings. The molecular weight excluding hydrogens is 528 g/mol. The van der Waals surface area contributed by atoms with Crippen LogP contribution in [0, 0.1) is 11.7 Å². The van der Waals surface area contributed by atoms with Crippen LogP contribution < -0.4 is 5.32 Å². The van der Waals surface area contributed by atoms with Crippen LogP contribution in [0.1, 0.15) is 34.5 Å². The number of nitrogens with one attached hydrogen (secondary N) is 1. The normalized spacial score (nSPS) is 24.7. The van der Waals surface area contributed by atoms with Gasteiger partial charge in [-0.05, 0) is 23.3 Å². The summed E-state index contributed by atoms with van der Waals surface area (Å²) in [5.74, 6) is -4.87. The Kier molecular flexibility index (Phi) is 5.94. The third-order valence-electron chi connectivity index (χ3n) is 6.48. The van der Waals surface area contributed by atoms with Crippen LogP contribution in [0.2, 0.25) is 5.02 Å². The number of halogens is 5. The number of ketones is 1. The third-order valence-corrected chi connectivity index (χ3v) is 7.59. The number of oxime groups is 1. The van der Waals surface area contributed by atoms with Gasteiger partial charge in [-0.15, -0.1) is 0 Å². The molecule has 0 amide bonds. The maximum absolute atomic E-state index is 14.6.